The molecule has 116 valence electrons. The summed E-state index contributed by atoms with van der Waals surface area (Å²) in [5.41, 5.74) is -0.329. The van der Waals surface area contributed by atoms with Gasteiger partial charge >= 0.3 is 6.09 Å². The van der Waals surface area contributed by atoms with E-state index in [1.807, 2.05) is 25.7 Å². The maximum Gasteiger partial charge on any atom is 0.410 e. The largest absolute Gasteiger partial charge is 0.444 e. The number of rotatable bonds is 4. The minimum atomic E-state index is -0.466. The van der Waals surface area contributed by atoms with Crippen LogP contribution in [-0.4, -0.2) is 35.5 Å². The van der Waals surface area contributed by atoms with Gasteiger partial charge in [-0.15, -0.1) is 0 Å². The van der Waals surface area contributed by atoms with E-state index in [1.165, 1.54) is 0 Å². The summed E-state index contributed by atoms with van der Waals surface area (Å²) in [7, 11) is 0. The molecule has 1 amide bonds. The van der Waals surface area contributed by atoms with Crippen LogP contribution in [0, 0.1) is 5.41 Å². The average molecular weight is 283 g/mol. The highest BCUT2D eigenvalue weighted by Gasteiger charge is 2.37. The number of unbranched alkanes of at least 4 members (excludes halogenated alkanes) is 1. The molecule has 0 aromatic carbocycles. The lowest BCUT2D eigenvalue weighted by Crippen LogP contribution is -2.51. The van der Waals surface area contributed by atoms with Gasteiger partial charge in [0.2, 0.25) is 0 Å². The van der Waals surface area contributed by atoms with E-state index in [1.54, 1.807) is 0 Å². The van der Waals surface area contributed by atoms with Crippen molar-refractivity contribution in [1.82, 2.24) is 4.90 Å². The molecule has 1 fully saturated rings. The summed E-state index contributed by atoms with van der Waals surface area (Å²) in [6.45, 7) is 10.8. The van der Waals surface area contributed by atoms with E-state index in [0.717, 1.165) is 38.5 Å². The molecular formula is C16H29NO3. The third kappa shape index (κ3) is 5.51. The minimum absolute atomic E-state index is 0.137. The Bertz CT molecular complexity index is 344. The Morgan fingerprint density at radius 3 is 2.60 bits per heavy atom. The quantitative estimate of drug-likeness (QED) is 0.582. The van der Waals surface area contributed by atoms with Crippen molar-refractivity contribution in [1.29, 1.82) is 0 Å². The molecule has 4 heteroatoms. The van der Waals surface area contributed by atoms with Crippen LogP contribution >= 0.6 is 0 Å². The first kappa shape index (κ1) is 17.0. The molecule has 0 bridgehead atoms. The molecule has 1 rings (SSSR count). The van der Waals surface area contributed by atoms with Gasteiger partial charge in [-0.25, -0.2) is 4.79 Å². The molecule has 0 aliphatic carbocycles. The summed E-state index contributed by atoms with van der Waals surface area (Å²) in [4.78, 5) is 24.7. The minimum Gasteiger partial charge on any atom is -0.444 e. The van der Waals surface area contributed by atoms with Crippen LogP contribution in [0.2, 0.25) is 0 Å². The van der Waals surface area contributed by atoms with Crippen LogP contribution in [0.5, 0.6) is 0 Å². The van der Waals surface area contributed by atoms with Gasteiger partial charge in [-0.2, -0.15) is 0 Å². The second-order valence-corrected chi connectivity index (χ2v) is 7.56. The highest BCUT2D eigenvalue weighted by molar-refractivity contribution is 5.68. The van der Waals surface area contributed by atoms with Gasteiger partial charge in [-0.1, -0.05) is 13.8 Å². The van der Waals surface area contributed by atoms with Gasteiger partial charge in [0.25, 0.3) is 0 Å². The molecule has 0 saturated carbocycles. The summed E-state index contributed by atoms with van der Waals surface area (Å²) in [5.74, 6) is 0. The Hall–Kier alpha value is -1.06. The molecular weight excluding hydrogens is 254 g/mol. The van der Waals surface area contributed by atoms with E-state index in [0.29, 0.717) is 6.42 Å². The van der Waals surface area contributed by atoms with E-state index < -0.39 is 5.60 Å². The standard InChI is InChI=1S/C16H29NO3/c1-15(2,3)20-14(19)17-12-16(4,5)10-9-13(17)8-6-7-11-18/h11,13H,6-10,12H2,1-5H3. The Balaban J connectivity index is 2.71. The molecule has 4 nitrogen and oxygen atoms in total. The summed E-state index contributed by atoms with van der Waals surface area (Å²) < 4.78 is 5.52. The Morgan fingerprint density at radius 1 is 1.40 bits per heavy atom. The summed E-state index contributed by atoms with van der Waals surface area (Å²) in [6, 6.07) is 0.206. The molecule has 1 atom stereocenters. The fourth-order valence-electron chi connectivity index (χ4n) is 2.65. The number of hydrogen-bond donors (Lipinski definition) is 0. The van der Waals surface area contributed by atoms with E-state index >= 15 is 0 Å². The highest BCUT2D eigenvalue weighted by atomic mass is 16.6. The monoisotopic (exact) mass is 283 g/mol. The van der Waals surface area contributed by atoms with Crippen LogP contribution in [0.4, 0.5) is 4.79 Å². The van der Waals surface area contributed by atoms with Crippen LogP contribution in [0.25, 0.3) is 0 Å². The van der Waals surface area contributed by atoms with Crippen LogP contribution in [-0.2, 0) is 9.53 Å². The fraction of sp³-hybridized carbons (Fsp3) is 0.875. The zero-order chi connectivity index (χ0) is 15.4. The van der Waals surface area contributed by atoms with Crippen molar-refractivity contribution in [2.24, 2.45) is 5.41 Å². The van der Waals surface area contributed by atoms with Gasteiger partial charge in [0.05, 0.1) is 0 Å². The fourth-order valence-corrected chi connectivity index (χ4v) is 2.65. The summed E-state index contributed by atoms with van der Waals surface area (Å²) in [5, 5.41) is 0. The molecule has 20 heavy (non-hydrogen) atoms. The second kappa shape index (κ2) is 6.59. The first-order chi connectivity index (χ1) is 9.14. The molecule has 1 aliphatic heterocycles. The Morgan fingerprint density at radius 2 is 2.05 bits per heavy atom. The van der Waals surface area contributed by atoms with E-state index in [2.05, 4.69) is 13.8 Å². The van der Waals surface area contributed by atoms with E-state index in [9.17, 15) is 9.59 Å². The number of likely N-dealkylation sites (tertiary alicyclic amines) is 1. The normalized spacial score (nSPS) is 22.4. The molecule has 0 radical (unpaired) electrons. The van der Waals surface area contributed by atoms with Crippen LogP contribution in [0.1, 0.15) is 66.7 Å². The van der Waals surface area contributed by atoms with Crippen molar-refractivity contribution in [3.05, 3.63) is 0 Å². The summed E-state index contributed by atoms with van der Waals surface area (Å²) >= 11 is 0. The third-order valence-electron chi connectivity index (χ3n) is 3.68. The first-order valence-corrected chi connectivity index (χ1v) is 7.58. The first-order valence-electron chi connectivity index (χ1n) is 7.58. The van der Waals surface area contributed by atoms with E-state index in [-0.39, 0.29) is 17.6 Å². The average Bonchev–Trinajstić information content (AvgIpc) is 2.28. The predicted molar refractivity (Wildman–Crippen MR) is 79.7 cm³/mol. The van der Waals surface area contributed by atoms with Crippen LogP contribution < -0.4 is 0 Å². The van der Waals surface area contributed by atoms with Gasteiger partial charge in [0.15, 0.2) is 0 Å². The second-order valence-electron chi connectivity index (χ2n) is 7.56. The molecule has 0 spiro atoms. The van der Waals surface area contributed by atoms with Gasteiger partial charge in [-0.05, 0) is 51.9 Å². The van der Waals surface area contributed by atoms with Gasteiger partial charge in [0.1, 0.15) is 11.9 Å². The number of nitrogens with zero attached hydrogens (tertiary/aromatic N) is 1. The zero-order valence-corrected chi connectivity index (χ0v) is 13.6. The van der Waals surface area contributed by atoms with Crippen molar-refractivity contribution in [3.8, 4) is 0 Å². The Labute approximate surface area is 122 Å². The topological polar surface area (TPSA) is 46.6 Å². The van der Waals surface area contributed by atoms with Crippen LogP contribution in [0.15, 0.2) is 0 Å². The number of piperidine rings is 1. The van der Waals surface area contributed by atoms with Crippen molar-refractivity contribution >= 4 is 12.4 Å². The number of aldehydes is 1. The number of hydrogen-bond acceptors (Lipinski definition) is 3. The van der Waals surface area contributed by atoms with E-state index in [4.69, 9.17) is 4.74 Å². The van der Waals surface area contributed by atoms with Gasteiger partial charge < -0.3 is 14.4 Å². The molecule has 0 aromatic rings. The zero-order valence-electron chi connectivity index (χ0n) is 13.6. The lowest BCUT2D eigenvalue weighted by atomic mass is 9.80. The van der Waals surface area contributed by atoms with Crippen LogP contribution in [0.3, 0.4) is 0 Å². The number of ether oxygens (including phenoxy) is 1. The number of carbonyl (C=O) groups is 2. The molecule has 1 saturated heterocycles. The molecule has 0 aromatic heterocycles. The predicted octanol–water partition coefficient (Wildman–Crippen LogP) is 3.78. The molecule has 1 aliphatic rings. The highest BCUT2D eigenvalue weighted by Crippen LogP contribution is 2.34. The van der Waals surface area contributed by atoms with Gasteiger partial charge in [-0.3, -0.25) is 0 Å². The molecule has 1 heterocycles. The third-order valence-corrected chi connectivity index (χ3v) is 3.68. The molecule has 0 N–H and O–H groups in total. The smallest absolute Gasteiger partial charge is 0.410 e. The van der Waals surface area contributed by atoms with Crippen molar-refractivity contribution < 1.29 is 14.3 Å². The SMILES string of the molecule is CC1(C)CCC(CCCC=O)N(C(=O)OC(C)(C)C)C1. The molecule has 1 unspecified atom stereocenters. The summed E-state index contributed by atoms with van der Waals surface area (Å²) in [6.07, 6.45) is 5.12. The van der Waals surface area contributed by atoms with Gasteiger partial charge in [0, 0.05) is 19.0 Å². The maximum atomic E-state index is 12.4. The number of carbonyl (C=O) groups excluding carboxylic acids is 2. The van der Waals surface area contributed by atoms with Crippen molar-refractivity contribution in [2.45, 2.75) is 78.4 Å². The lowest BCUT2D eigenvalue weighted by molar-refractivity contribution is -0.108. The lowest BCUT2D eigenvalue weighted by Gasteiger charge is -2.44. The maximum absolute atomic E-state index is 12.4. The van der Waals surface area contributed by atoms with Crippen molar-refractivity contribution in [3.63, 3.8) is 0 Å². The van der Waals surface area contributed by atoms with Crippen molar-refractivity contribution in [2.75, 3.05) is 6.54 Å². The Kier molecular flexibility index (Phi) is 5.60. The number of amides is 1.